The minimum absolute atomic E-state index is 0.269. The van der Waals surface area contributed by atoms with Crippen LogP contribution in [0.15, 0.2) is 24.3 Å². The number of rotatable bonds is 5. The third kappa shape index (κ3) is 2.84. The van der Waals surface area contributed by atoms with Gasteiger partial charge in [0.15, 0.2) is 5.78 Å². The van der Waals surface area contributed by atoms with E-state index in [9.17, 15) is 18.8 Å². The lowest BCUT2D eigenvalue weighted by Crippen LogP contribution is -2.36. The second-order valence-corrected chi connectivity index (χ2v) is 4.65. The number of carbonyl (C=O) groups is 3. The van der Waals surface area contributed by atoms with Crippen LogP contribution >= 0.6 is 0 Å². The maximum absolute atomic E-state index is 12.8. The summed E-state index contributed by atoms with van der Waals surface area (Å²) >= 11 is 0. The second-order valence-electron chi connectivity index (χ2n) is 4.65. The Morgan fingerprint density at radius 2 is 1.95 bits per heavy atom. The number of hydrogen-bond acceptors (Lipinski definition) is 3. The standard InChI is InChI=1S/C14H15FN2O3/c1-2-3-11-13(19)17(14(20)16-11)8-12(18)9-4-6-10(15)7-5-9/h4-7,11H,2-3,8H2,1H3,(H,16,20). The van der Waals surface area contributed by atoms with Crippen molar-refractivity contribution in [1.29, 1.82) is 0 Å². The van der Waals surface area contributed by atoms with Gasteiger partial charge in [-0.15, -0.1) is 0 Å². The van der Waals surface area contributed by atoms with Crippen molar-refractivity contribution in [1.82, 2.24) is 10.2 Å². The van der Waals surface area contributed by atoms with Crippen molar-refractivity contribution >= 4 is 17.7 Å². The van der Waals surface area contributed by atoms with E-state index >= 15 is 0 Å². The molecular weight excluding hydrogens is 263 g/mol. The van der Waals surface area contributed by atoms with Crippen LogP contribution < -0.4 is 5.32 Å². The number of amides is 3. The molecule has 1 aromatic carbocycles. The van der Waals surface area contributed by atoms with Crippen LogP contribution in [0.25, 0.3) is 0 Å². The number of urea groups is 1. The van der Waals surface area contributed by atoms with Crippen LogP contribution in [0.4, 0.5) is 9.18 Å². The molecular formula is C14H15FN2O3. The van der Waals surface area contributed by atoms with Crippen molar-refractivity contribution in [2.24, 2.45) is 0 Å². The van der Waals surface area contributed by atoms with Crippen molar-refractivity contribution in [2.75, 3.05) is 6.54 Å². The van der Waals surface area contributed by atoms with E-state index in [1.807, 2.05) is 6.92 Å². The van der Waals surface area contributed by atoms with E-state index in [0.29, 0.717) is 6.42 Å². The molecule has 1 atom stereocenters. The molecule has 1 fully saturated rings. The van der Waals surface area contributed by atoms with E-state index in [-0.39, 0.29) is 18.0 Å². The molecule has 0 spiro atoms. The quantitative estimate of drug-likeness (QED) is 0.659. The number of imide groups is 1. The van der Waals surface area contributed by atoms with Crippen molar-refractivity contribution in [2.45, 2.75) is 25.8 Å². The molecule has 3 amide bonds. The Hall–Kier alpha value is -2.24. The molecule has 0 aromatic heterocycles. The zero-order chi connectivity index (χ0) is 14.7. The van der Waals surface area contributed by atoms with E-state index in [4.69, 9.17) is 0 Å². The molecule has 0 radical (unpaired) electrons. The van der Waals surface area contributed by atoms with E-state index in [1.54, 1.807) is 0 Å². The van der Waals surface area contributed by atoms with Crippen molar-refractivity contribution < 1.29 is 18.8 Å². The van der Waals surface area contributed by atoms with Gasteiger partial charge in [-0.1, -0.05) is 13.3 Å². The average molecular weight is 278 g/mol. The lowest BCUT2D eigenvalue weighted by atomic mass is 10.1. The van der Waals surface area contributed by atoms with E-state index in [0.717, 1.165) is 11.3 Å². The highest BCUT2D eigenvalue weighted by Crippen LogP contribution is 2.12. The lowest BCUT2D eigenvalue weighted by Gasteiger charge is -2.12. The van der Waals surface area contributed by atoms with Crippen LogP contribution in [0.2, 0.25) is 0 Å². The minimum atomic E-state index is -0.552. The van der Waals surface area contributed by atoms with Crippen LogP contribution in [0, 0.1) is 5.82 Å². The summed E-state index contributed by atoms with van der Waals surface area (Å²) in [6, 6.07) is 3.90. The molecule has 1 heterocycles. The summed E-state index contributed by atoms with van der Waals surface area (Å²) in [5, 5.41) is 2.55. The molecule has 0 bridgehead atoms. The Morgan fingerprint density at radius 3 is 2.55 bits per heavy atom. The van der Waals surface area contributed by atoms with E-state index in [2.05, 4.69) is 5.32 Å². The fraction of sp³-hybridized carbons (Fsp3) is 0.357. The van der Waals surface area contributed by atoms with Gasteiger partial charge in [-0.25, -0.2) is 9.18 Å². The van der Waals surface area contributed by atoms with Gasteiger partial charge in [0, 0.05) is 5.56 Å². The fourth-order valence-electron chi connectivity index (χ4n) is 2.08. The van der Waals surface area contributed by atoms with Gasteiger partial charge in [0.25, 0.3) is 5.91 Å². The number of carbonyl (C=O) groups excluding carboxylic acids is 3. The average Bonchev–Trinajstić information content (AvgIpc) is 2.68. The Morgan fingerprint density at radius 1 is 1.30 bits per heavy atom. The molecule has 2 rings (SSSR count). The number of Topliss-reactive ketones (excluding diaryl/α,β-unsaturated/α-hetero) is 1. The fourth-order valence-corrected chi connectivity index (χ4v) is 2.08. The first-order valence-electron chi connectivity index (χ1n) is 6.43. The third-order valence-electron chi connectivity index (χ3n) is 3.15. The summed E-state index contributed by atoms with van der Waals surface area (Å²) < 4.78 is 12.8. The molecule has 6 heteroatoms. The normalized spacial score (nSPS) is 18.3. The second kappa shape index (κ2) is 5.81. The number of benzene rings is 1. The van der Waals surface area contributed by atoms with Gasteiger partial charge in [0.2, 0.25) is 0 Å². The van der Waals surface area contributed by atoms with Gasteiger partial charge in [0.1, 0.15) is 11.9 Å². The summed E-state index contributed by atoms with van der Waals surface area (Å²) in [6.07, 6.45) is 1.31. The monoisotopic (exact) mass is 278 g/mol. The van der Waals surface area contributed by atoms with Gasteiger partial charge < -0.3 is 5.32 Å². The molecule has 1 aliphatic heterocycles. The van der Waals surface area contributed by atoms with Crippen LogP contribution in [-0.2, 0) is 4.79 Å². The first kappa shape index (κ1) is 14.2. The molecule has 1 aliphatic rings. The topological polar surface area (TPSA) is 66.5 Å². The van der Waals surface area contributed by atoms with Gasteiger partial charge in [-0.2, -0.15) is 0 Å². The molecule has 106 valence electrons. The van der Waals surface area contributed by atoms with E-state index in [1.165, 1.54) is 24.3 Å². The summed E-state index contributed by atoms with van der Waals surface area (Å²) in [7, 11) is 0. The van der Waals surface area contributed by atoms with Gasteiger partial charge in [0.05, 0.1) is 6.54 Å². The summed E-state index contributed by atoms with van der Waals surface area (Å²) in [4.78, 5) is 36.5. The van der Waals surface area contributed by atoms with Crippen molar-refractivity contribution in [3.8, 4) is 0 Å². The molecule has 20 heavy (non-hydrogen) atoms. The molecule has 1 unspecified atom stereocenters. The predicted octanol–water partition coefficient (Wildman–Crippen LogP) is 1.73. The first-order valence-corrected chi connectivity index (χ1v) is 6.43. The highest BCUT2D eigenvalue weighted by molar-refractivity contribution is 6.09. The SMILES string of the molecule is CCCC1NC(=O)N(CC(=O)c2ccc(F)cc2)C1=O. The molecule has 0 saturated carbocycles. The zero-order valence-electron chi connectivity index (χ0n) is 11.1. The molecule has 0 aliphatic carbocycles. The zero-order valence-corrected chi connectivity index (χ0v) is 11.1. The number of nitrogens with zero attached hydrogens (tertiary/aromatic N) is 1. The van der Waals surface area contributed by atoms with Crippen LogP contribution in [-0.4, -0.2) is 35.2 Å². The number of hydrogen-bond donors (Lipinski definition) is 1. The summed E-state index contributed by atoms with van der Waals surface area (Å²) in [6.45, 7) is 1.59. The maximum atomic E-state index is 12.8. The third-order valence-corrected chi connectivity index (χ3v) is 3.15. The highest BCUT2D eigenvalue weighted by Gasteiger charge is 2.38. The van der Waals surface area contributed by atoms with Gasteiger partial charge >= 0.3 is 6.03 Å². The number of ketones is 1. The van der Waals surface area contributed by atoms with E-state index < -0.39 is 23.7 Å². The Kier molecular flexibility index (Phi) is 4.12. The molecule has 1 saturated heterocycles. The molecule has 1 N–H and O–H groups in total. The summed E-state index contributed by atoms with van der Waals surface area (Å²) in [5.41, 5.74) is 0.269. The minimum Gasteiger partial charge on any atom is -0.326 e. The predicted molar refractivity (Wildman–Crippen MR) is 69.7 cm³/mol. The van der Waals surface area contributed by atoms with Crippen LogP contribution in [0.1, 0.15) is 30.1 Å². The van der Waals surface area contributed by atoms with Crippen molar-refractivity contribution in [3.63, 3.8) is 0 Å². The maximum Gasteiger partial charge on any atom is 0.325 e. The van der Waals surface area contributed by atoms with Gasteiger partial charge in [-0.3, -0.25) is 14.5 Å². The first-order chi connectivity index (χ1) is 9.52. The van der Waals surface area contributed by atoms with Crippen LogP contribution in [0.5, 0.6) is 0 Å². The number of halogens is 1. The van der Waals surface area contributed by atoms with Gasteiger partial charge in [-0.05, 0) is 30.7 Å². The van der Waals surface area contributed by atoms with Crippen molar-refractivity contribution in [3.05, 3.63) is 35.6 Å². The Labute approximate surface area is 115 Å². The van der Waals surface area contributed by atoms with Crippen LogP contribution in [0.3, 0.4) is 0 Å². The highest BCUT2D eigenvalue weighted by atomic mass is 19.1. The molecule has 1 aromatic rings. The summed E-state index contributed by atoms with van der Waals surface area (Å²) in [5.74, 6) is -1.22. The Bertz CT molecular complexity index is 542. The largest absolute Gasteiger partial charge is 0.326 e. The number of nitrogens with one attached hydrogen (secondary N) is 1. The smallest absolute Gasteiger partial charge is 0.325 e. The molecule has 5 nitrogen and oxygen atoms in total. The lowest BCUT2D eigenvalue weighted by molar-refractivity contribution is -0.127. The Balaban J connectivity index is 2.06.